The Morgan fingerprint density at radius 3 is 0.711 bits per heavy atom. The number of rotatable bonds is 4. The summed E-state index contributed by atoms with van der Waals surface area (Å²) in [4.78, 5) is 36.1. The van der Waals surface area contributed by atoms with Crippen LogP contribution in [0.3, 0.4) is 0 Å². The monoisotopic (exact) mass is 530 g/mol. The Kier molecular flexibility index (Phi) is 11.7. The molecule has 0 aliphatic heterocycles. The van der Waals surface area contributed by atoms with E-state index in [1.165, 1.54) is 0 Å². The molecule has 0 N–H and O–H groups in total. The highest BCUT2D eigenvalue weighted by Crippen LogP contribution is 2.45. The van der Waals surface area contributed by atoms with Gasteiger partial charge in [0.05, 0.1) is 11.4 Å². The fraction of sp³-hybridized carbons (Fsp3) is 0.615. The third-order valence-electron chi connectivity index (χ3n) is 5.17. The smallest absolute Gasteiger partial charge is 0.200 e. The molecular weight excluding hydrogens is 480 g/mol. The Labute approximate surface area is 230 Å². The lowest BCUT2D eigenvalue weighted by molar-refractivity contribution is 0.482. The van der Waals surface area contributed by atoms with Crippen molar-refractivity contribution in [3.63, 3.8) is 0 Å². The molecule has 0 aromatic heterocycles. The molecule has 0 bridgehead atoms. The van der Waals surface area contributed by atoms with Gasteiger partial charge >= 0.3 is 0 Å². The van der Waals surface area contributed by atoms with E-state index in [1.54, 1.807) is 0 Å². The summed E-state index contributed by atoms with van der Waals surface area (Å²) < 4.78 is 0. The van der Waals surface area contributed by atoms with E-state index in [-0.39, 0.29) is 0 Å². The maximum absolute atomic E-state index is 5.14. The molecule has 1 rings (SSSR count). The standard InChI is InChI=1S/C26H50N12/c1-31(2)23(32(3)4)27-19-17-18-20(28-24(33(5)6)34(7)8)22(30-26(37(13)14)38(15)16)21(19)29-25(35(9)10)36(11)12/h17-18H,1-16H3. The third-order valence-corrected chi connectivity index (χ3v) is 5.17. The van der Waals surface area contributed by atoms with Crippen molar-refractivity contribution in [1.82, 2.24) is 39.2 Å². The van der Waals surface area contributed by atoms with E-state index in [9.17, 15) is 0 Å². The molecule has 0 radical (unpaired) electrons. The summed E-state index contributed by atoms with van der Waals surface area (Å²) in [5.74, 6) is 3.08. The Bertz CT molecular complexity index is 922. The zero-order chi connectivity index (χ0) is 29.5. The lowest BCUT2D eigenvalue weighted by Crippen LogP contribution is -2.36. The predicted octanol–water partition coefficient (Wildman–Crippen LogP) is 2.13. The Hall–Kier alpha value is -3.70. The van der Waals surface area contributed by atoms with E-state index in [0.29, 0.717) is 22.7 Å². The van der Waals surface area contributed by atoms with Crippen molar-refractivity contribution in [1.29, 1.82) is 0 Å². The summed E-state index contributed by atoms with van der Waals surface area (Å²) in [6.07, 6.45) is 0. The molecule has 0 aliphatic carbocycles. The predicted molar refractivity (Wildman–Crippen MR) is 164 cm³/mol. The summed E-state index contributed by atoms with van der Waals surface area (Å²) in [7, 11) is 31.6. The van der Waals surface area contributed by atoms with E-state index < -0.39 is 0 Å². The molecule has 0 unspecified atom stereocenters. The van der Waals surface area contributed by atoms with Crippen LogP contribution in [0.2, 0.25) is 0 Å². The maximum Gasteiger partial charge on any atom is 0.200 e. The van der Waals surface area contributed by atoms with Crippen LogP contribution in [0.5, 0.6) is 0 Å². The molecule has 0 amide bonds. The van der Waals surface area contributed by atoms with E-state index in [2.05, 4.69) is 0 Å². The fourth-order valence-corrected chi connectivity index (χ4v) is 3.77. The van der Waals surface area contributed by atoms with Gasteiger partial charge in [-0.1, -0.05) is 0 Å². The molecule has 0 saturated carbocycles. The number of nitrogens with zero attached hydrogens (tertiary/aromatic N) is 12. The Morgan fingerprint density at radius 2 is 0.526 bits per heavy atom. The highest BCUT2D eigenvalue weighted by Gasteiger charge is 2.20. The van der Waals surface area contributed by atoms with Gasteiger partial charge in [0.25, 0.3) is 0 Å². The molecule has 12 heteroatoms. The molecule has 12 nitrogen and oxygen atoms in total. The molecule has 0 atom stereocenters. The number of hydrogen-bond acceptors (Lipinski definition) is 4. The maximum atomic E-state index is 5.14. The minimum Gasteiger partial charge on any atom is -0.349 e. The van der Waals surface area contributed by atoms with Crippen LogP contribution in [0.25, 0.3) is 0 Å². The summed E-state index contributed by atoms with van der Waals surface area (Å²) in [6.45, 7) is 0. The molecule has 0 fully saturated rings. The summed E-state index contributed by atoms with van der Waals surface area (Å²) in [5.41, 5.74) is 2.63. The third kappa shape index (κ3) is 8.42. The molecule has 214 valence electrons. The first-order valence-corrected chi connectivity index (χ1v) is 12.4. The normalized spacial score (nSPS) is 10.1. The molecule has 38 heavy (non-hydrogen) atoms. The van der Waals surface area contributed by atoms with E-state index >= 15 is 0 Å². The Balaban J connectivity index is 4.45. The van der Waals surface area contributed by atoms with Gasteiger partial charge in [0.2, 0.25) is 23.8 Å². The van der Waals surface area contributed by atoms with Crippen molar-refractivity contribution in [3.8, 4) is 0 Å². The van der Waals surface area contributed by atoms with Crippen molar-refractivity contribution in [2.24, 2.45) is 20.0 Å². The van der Waals surface area contributed by atoms with Crippen LogP contribution in [-0.4, -0.2) is 176 Å². The van der Waals surface area contributed by atoms with Crippen LogP contribution in [0.15, 0.2) is 32.1 Å². The first kappa shape index (κ1) is 32.3. The van der Waals surface area contributed by atoms with Gasteiger partial charge in [0.1, 0.15) is 11.4 Å². The number of hydrogen-bond donors (Lipinski definition) is 0. The molecule has 0 heterocycles. The van der Waals surface area contributed by atoms with Gasteiger partial charge in [-0.2, -0.15) is 0 Å². The summed E-state index contributed by atoms with van der Waals surface area (Å²) in [5, 5.41) is 0. The van der Waals surface area contributed by atoms with Crippen molar-refractivity contribution in [3.05, 3.63) is 12.1 Å². The molecule has 1 aromatic rings. The van der Waals surface area contributed by atoms with E-state index in [4.69, 9.17) is 20.0 Å². The quantitative estimate of drug-likeness (QED) is 0.433. The summed E-state index contributed by atoms with van der Waals surface area (Å²) >= 11 is 0. The van der Waals surface area contributed by atoms with E-state index in [1.807, 2.05) is 164 Å². The molecule has 0 aliphatic rings. The lowest BCUT2D eigenvalue weighted by atomic mass is 10.2. The van der Waals surface area contributed by atoms with Gasteiger partial charge in [0.15, 0.2) is 0 Å². The van der Waals surface area contributed by atoms with Crippen LogP contribution >= 0.6 is 0 Å². The SMILES string of the molecule is CN(C)C(=Nc1ccc(N=C(N(C)C)N(C)C)c(N=C(N(C)C)N(C)C)c1N=C(N(C)C)N(C)C)N(C)C. The highest BCUT2D eigenvalue weighted by atomic mass is 15.4. The number of guanidine groups is 4. The van der Waals surface area contributed by atoms with Crippen LogP contribution in [0.1, 0.15) is 0 Å². The minimum absolute atomic E-state index is 0.628. The molecule has 0 saturated heterocycles. The van der Waals surface area contributed by atoms with Gasteiger partial charge < -0.3 is 39.2 Å². The first-order valence-electron chi connectivity index (χ1n) is 12.4. The van der Waals surface area contributed by atoms with Crippen LogP contribution in [0, 0.1) is 0 Å². The van der Waals surface area contributed by atoms with Gasteiger partial charge in [-0.15, -0.1) is 0 Å². The van der Waals surface area contributed by atoms with Crippen molar-refractivity contribution >= 4 is 46.6 Å². The number of aliphatic imine (C=N–C) groups is 4. The minimum atomic E-state index is 0.628. The van der Waals surface area contributed by atoms with Crippen molar-refractivity contribution in [2.75, 3.05) is 113 Å². The van der Waals surface area contributed by atoms with Gasteiger partial charge in [-0.3, -0.25) is 0 Å². The fourth-order valence-electron chi connectivity index (χ4n) is 3.77. The highest BCUT2D eigenvalue weighted by molar-refractivity contribution is 5.98. The first-order chi connectivity index (χ1) is 17.5. The van der Waals surface area contributed by atoms with E-state index in [0.717, 1.165) is 23.8 Å². The van der Waals surface area contributed by atoms with Crippen molar-refractivity contribution in [2.45, 2.75) is 0 Å². The lowest BCUT2D eigenvalue weighted by Gasteiger charge is -2.26. The molecule has 0 spiro atoms. The average Bonchev–Trinajstić information content (AvgIpc) is 2.76. The van der Waals surface area contributed by atoms with Gasteiger partial charge in [-0.25, -0.2) is 20.0 Å². The van der Waals surface area contributed by atoms with Crippen LogP contribution in [0.4, 0.5) is 22.7 Å². The van der Waals surface area contributed by atoms with Crippen molar-refractivity contribution < 1.29 is 0 Å². The average molecular weight is 531 g/mol. The zero-order valence-corrected chi connectivity index (χ0v) is 26.5. The molecule has 1 aromatic carbocycles. The second-order valence-corrected chi connectivity index (χ2v) is 10.6. The van der Waals surface area contributed by atoms with Gasteiger partial charge in [-0.05, 0) is 12.1 Å². The largest absolute Gasteiger partial charge is 0.349 e. The Morgan fingerprint density at radius 1 is 0.342 bits per heavy atom. The topological polar surface area (TPSA) is 75.4 Å². The van der Waals surface area contributed by atoms with Crippen LogP contribution < -0.4 is 0 Å². The van der Waals surface area contributed by atoms with Gasteiger partial charge in [0, 0.05) is 113 Å². The second-order valence-electron chi connectivity index (χ2n) is 10.6. The zero-order valence-electron chi connectivity index (χ0n) is 26.5. The van der Waals surface area contributed by atoms with Crippen LogP contribution in [-0.2, 0) is 0 Å². The molecular formula is C26H50N12. The second kappa shape index (κ2) is 13.7. The summed E-state index contributed by atoms with van der Waals surface area (Å²) in [6, 6.07) is 3.92. The number of benzene rings is 1.